The Morgan fingerprint density at radius 3 is 1.26 bits per heavy atom. The van der Waals surface area contributed by atoms with E-state index in [0.29, 0.717) is 23.9 Å². The number of rotatable bonds is 53. The molecule has 4 N–H and O–H groups in total. The Kier molecular flexibility index (Phi) is 48.8. The standard InChI is InChI=1S/C59H113N2O7P/c1-6-8-10-12-14-16-18-20-21-22-23-24-25-26-27-28-29-30-31-32-33-34-35-36-37-38-39-40-42-44-46-48-50-52-58(63)60-56(55-68-69(65,66)67-54-53-61(3,4)5)59(64)57(62)51-49-47-45-43-41-19-17-15-13-11-9-7-2/h18,20,22-23,25-26,43,45,56-57,59,62,64H,6-17,19,21,24,27-42,44,46-55H2,1-5H3,(H-,60,63,65,66)/p+1/b20-18-,23-22-,26-25-,45-43+. The molecule has 0 aromatic carbocycles. The van der Waals surface area contributed by atoms with E-state index in [-0.39, 0.29) is 18.9 Å². The maximum atomic E-state index is 13.0. The van der Waals surface area contributed by atoms with Crippen LogP contribution in [0.5, 0.6) is 0 Å². The third-order valence-electron chi connectivity index (χ3n) is 13.1. The summed E-state index contributed by atoms with van der Waals surface area (Å²) in [5, 5.41) is 24.8. The Labute approximate surface area is 427 Å². The second-order valence-electron chi connectivity index (χ2n) is 21.1. The van der Waals surface area contributed by atoms with Gasteiger partial charge >= 0.3 is 7.82 Å². The molecular weight excluding hydrogens is 880 g/mol. The maximum absolute atomic E-state index is 13.0. The molecule has 0 saturated heterocycles. The molecule has 1 amide bonds. The third kappa shape index (κ3) is 51.1. The third-order valence-corrected chi connectivity index (χ3v) is 14.1. The van der Waals surface area contributed by atoms with Gasteiger partial charge in [0.2, 0.25) is 5.91 Å². The van der Waals surface area contributed by atoms with E-state index in [0.717, 1.165) is 44.9 Å². The molecule has 0 aromatic rings. The Balaban J connectivity index is 4.09. The second kappa shape index (κ2) is 50.0. The van der Waals surface area contributed by atoms with Crippen LogP contribution in [0.25, 0.3) is 0 Å². The van der Waals surface area contributed by atoms with Gasteiger partial charge in [-0.2, -0.15) is 0 Å². The average molecular weight is 995 g/mol. The van der Waals surface area contributed by atoms with E-state index in [1.54, 1.807) is 0 Å². The molecule has 0 fully saturated rings. The Hall–Kier alpha value is -1.58. The van der Waals surface area contributed by atoms with Gasteiger partial charge in [0.1, 0.15) is 19.3 Å². The number of nitrogens with one attached hydrogen (secondary N) is 1. The summed E-state index contributed by atoms with van der Waals surface area (Å²) in [5.41, 5.74) is 0. The number of aliphatic hydroxyl groups excluding tert-OH is 2. The number of amides is 1. The van der Waals surface area contributed by atoms with Crippen LogP contribution < -0.4 is 5.32 Å². The van der Waals surface area contributed by atoms with Crippen LogP contribution in [-0.2, 0) is 18.4 Å². The molecule has 0 spiro atoms. The van der Waals surface area contributed by atoms with Crippen LogP contribution in [0.4, 0.5) is 0 Å². The van der Waals surface area contributed by atoms with Crippen LogP contribution in [0.3, 0.4) is 0 Å². The Morgan fingerprint density at radius 1 is 0.507 bits per heavy atom. The first-order valence-corrected chi connectivity index (χ1v) is 30.6. The largest absolute Gasteiger partial charge is 0.472 e. The van der Waals surface area contributed by atoms with Crippen molar-refractivity contribution < 1.29 is 38.0 Å². The number of unbranched alkanes of at least 4 members (excludes halogenated alkanes) is 31. The minimum Gasteiger partial charge on any atom is -0.390 e. The van der Waals surface area contributed by atoms with Gasteiger partial charge < -0.3 is 24.9 Å². The van der Waals surface area contributed by atoms with Crippen molar-refractivity contribution in [3.05, 3.63) is 48.6 Å². The first-order valence-electron chi connectivity index (χ1n) is 29.1. The van der Waals surface area contributed by atoms with Crippen molar-refractivity contribution in [2.45, 2.75) is 283 Å². The van der Waals surface area contributed by atoms with E-state index in [1.165, 1.54) is 186 Å². The summed E-state index contributed by atoms with van der Waals surface area (Å²) in [6.07, 6.45) is 62.1. The van der Waals surface area contributed by atoms with Crippen molar-refractivity contribution in [2.75, 3.05) is 40.9 Å². The molecule has 4 atom stereocenters. The fourth-order valence-corrected chi connectivity index (χ4v) is 9.24. The summed E-state index contributed by atoms with van der Waals surface area (Å²) in [6, 6.07) is -1.05. The van der Waals surface area contributed by atoms with Gasteiger partial charge in [0.15, 0.2) is 0 Å². The number of phosphoric acid groups is 1. The molecule has 69 heavy (non-hydrogen) atoms. The Bertz CT molecular complexity index is 1280. The monoisotopic (exact) mass is 994 g/mol. The summed E-state index contributed by atoms with van der Waals surface area (Å²) >= 11 is 0. The van der Waals surface area contributed by atoms with Crippen LogP contribution in [0.2, 0.25) is 0 Å². The van der Waals surface area contributed by atoms with Crippen LogP contribution >= 0.6 is 7.82 Å². The quantitative estimate of drug-likeness (QED) is 0.0207. The number of quaternary nitrogens is 1. The average Bonchev–Trinajstić information content (AvgIpc) is 3.31. The van der Waals surface area contributed by atoms with E-state index in [4.69, 9.17) is 9.05 Å². The summed E-state index contributed by atoms with van der Waals surface area (Å²) in [4.78, 5) is 23.3. The summed E-state index contributed by atoms with van der Waals surface area (Å²) in [7, 11) is 1.42. The number of carbonyl (C=O) groups is 1. The molecule has 0 aliphatic rings. The van der Waals surface area contributed by atoms with Crippen molar-refractivity contribution in [1.29, 1.82) is 0 Å². The number of nitrogens with zero attached hydrogens (tertiary/aromatic N) is 1. The number of hydrogen-bond donors (Lipinski definition) is 4. The zero-order valence-electron chi connectivity index (χ0n) is 45.9. The molecule has 0 aromatic heterocycles. The van der Waals surface area contributed by atoms with E-state index in [2.05, 4.69) is 67.8 Å². The zero-order chi connectivity index (χ0) is 50.8. The first-order chi connectivity index (χ1) is 33.4. The van der Waals surface area contributed by atoms with Crippen molar-refractivity contribution in [3.63, 3.8) is 0 Å². The lowest BCUT2D eigenvalue weighted by Crippen LogP contribution is -2.51. The number of phosphoric ester groups is 1. The molecule has 0 aliphatic heterocycles. The van der Waals surface area contributed by atoms with Gasteiger partial charge in [-0.3, -0.25) is 13.8 Å². The lowest BCUT2D eigenvalue weighted by atomic mass is 10.0. The van der Waals surface area contributed by atoms with E-state index >= 15 is 0 Å². The molecule has 0 radical (unpaired) electrons. The van der Waals surface area contributed by atoms with Gasteiger partial charge in [-0.15, -0.1) is 0 Å². The summed E-state index contributed by atoms with van der Waals surface area (Å²) in [6.45, 7) is 4.58. The molecule has 0 rings (SSSR count). The normalized spacial score (nSPS) is 14.7. The molecule has 0 saturated carbocycles. The van der Waals surface area contributed by atoms with Crippen LogP contribution in [0.15, 0.2) is 48.6 Å². The van der Waals surface area contributed by atoms with Gasteiger partial charge in [-0.25, -0.2) is 4.57 Å². The van der Waals surface area contributed by atoms with Crippen molar-refractivity contribution in [1.82, 2.24) is 5.32 Å². The van der Waals surface area contributed by atoms with Gasteiger partial charge in [0.25, 0.3) is 0 Å². The summed E-state index contributed by atoms with van der Waals surface area (Å²) < 4.78 is 23.6. The number of hydrogen-bond acceptors (Lipinski definition) is 6. The number of allylic oxidation sites excluding steroid dienone is 8. The summed E-state index contributed by atoms with van der Waals surface area (Å²) in [5.74, 6) is -0.266. The van der Waals surface area contributed by atoms with Crippen molar-refractivity contribution in [3.8, 4) is 0 Å². The van der Waals surface area contributed by atoms with E-state index in [9.17, 15) is 24.5 Å². The van der Waals surface area contributed by atoms with Crippen molar-refractivity contribution >= 4 is 13.7 Å². The molecule has 406 valence electrons. The smallest absolute Gasteiger partial charge is 0.390 e. The van der Waals surface area contributed by atoms with Gasteiger partial charge in [-0.1, -0.05) is 229 Å². The lowest BCUT2D eigenvalue weighted by molar-refractivity contribution is -0.870. The molecule has 10 heteroatoms. The molecule has 9 nitrogen and oxygen atoms in total. The predicted octanol–water partition coefficient (Wildman–Crippen LogP) is 16.5. The first kappa shape index (κ1) is 67.4. The topological polar surface area (TPSA) is 125 Å². The highest BCUT2D eigenvalue weighted by Gasteiger charge is 2.31. The van der Waals surface area contributed by atoms with E-state index in [1.807, 2.05) is 21.1 Å². The van der Waals surface area contributed by atoms with Crippen LogP contribution in [-0.4, -0.2) is 84.6 Å². The molecule has 0 aliphatic carbocycles. The Morgan fingerprint density at radius 2 is 0.855 bits per heavy atom. The fraction of sp³-hybridized carbons (Fsp3) is 0.847. The number of carbonyl (C=O) groups excluding carboxylic acids is 1. The minimum absolute atomic E-state index is 0.0166. The van der Waals surface area contributed by atoms with E-state index < -0.39 is 32.7 Å². The molecule has 0 heterocycles. The highest BCUT2D eigenvalue weighted by atomic mass is 31.2. The number of likely N-dealkylation sites (N-methyl/N-ethyl adjacent to an activating group) is 1. The van der Waals surface area contributed by atoms with Crippen LogP contribution in [0, 0.1) is 0 Å². The molecular formula is C59H114N2O7P+. The van der Waals surface area contributed by atoms with Gasteiger partial charge in [-0.05, 0) is 77.0 Å². The highest BCUT2D eigenvalue weighted by Crippen LogP contribution is 2.43. The highest BCUT2D eigenvalue weighted by molar-refractivity contribution is 7.47. The molecule has 0 bridgehead atoms. The SMILES string of the molecule is CCCCCCC/C=C\C/C=C\C/C=C\CCCCCCCCCCCCCCCCCCCCC(=O)NC(COP(=O)(O)OCC[N+](C)(C)C)C(O)C(O)CCC/C=C/CCCCCCCCC. The van der Waals surface area contributed by atoms with Crippen molar-refractivity contribution in [2.24, 2.45) is 0 Å². The lowest BCUT2D eigenvalue weighted by Gasteiger charge is -2.28. The minimum atomic E-state index is -4.43. The van der Waals surface area contributed by atoms with Gasteiger partial charge in [0, 0.05) is 6.42 Å². The zero-order valence-corrected chi connectivity index (χ0v) is 46.8. The maximum Gasteiger partial charge on any atom is 0.472 e. The predicted molar refractivity (Wildman–Crippen MR) is 297 cm³/mol. The van der Waals surface area contributed by atoms with Gasteiger partial charge in [0.05, 0.1) is 39.9 Å². The second-order valence-corrected chi connectivity index (χ2v) is 22.6. The molecule has 4 unspecified atom stereocenters. The van der Waals surface area contributed by atoms with Crippen LogP contribution in [0.1, 0.15) is 264 Å². The fourth-order valence-electron chi connectivity index (χ4n) is 8.50. The number of aliphatic hydroxyl groups is 2.